The minimum Gasteiger partial charge on any atom is -0.497 e. The SMILES string of the molecule is COc1ccc(S(=O)(=O)N2CCN(CCNC(=O)C(c3ccccc3)c3ccccc3)CC2)cc1. The number of nitrogens with zero attached hydrogens (tertiary/aromatic N) is 2. The predicted molar refractivity (Wildman–Crippen MR) is 136 cm³/mol. The fraction of sp³-hybridized carbons (Fsp3) is 0.296. The Hall–Kier alpha value is -3.20. The molecule has 0 aromatic heterocycles. The van der Waals surface area contributed by atoms with Crippen LogP contribution in [0.4, 0.5) is 0 Å². The second kappa shape index (κ2) is 11.5. The molecule has 0 aliphatic carbocycles. The topological polar surface area (TPSA) is 79.0 Å². The van der Waals surface area contributed by atoms with Gasteiger partial charge in [0.25, 0.3) is 0 Å². The Labute approximate surface area is 207 Å². The van der Waals surface area contributed by atoms with Crippen LogP contribution < -0.4 is 10.1 Å². The molecule has 1 N–H and O–H groups in total. The zero-order valence-electron chi connectivity index (χ0n) is 19.8. The molecule has 0 spiro atoms. The highest BCUT2D eigenvalue weighted by atomic mass is 32.2. The molecule has 0 radical (unpaired) electrons. The molecule has 1 amide bonds. The van der Waals surface area contributed by atoms with Crippen molar-refractivity contribution in [1.82, 2.24) is 14.5 Å². The average Bonchev–Trinajstić information content (AvgIpc) is 2.90. The van der Waals surface area contributed by atoms with Crippen molar-refractivity contribution in [1.29, 1.82) is 0 Å². The van der Waals surface area contributed by atoms with Gasteiger partial charge in [-0.25, -0.2) is 8.42 Å². The largest absolute Gasteiger partial charge is 0.497 e. The van der Waals surface area contributed by atoms with E-state index in [-0.39, 0.29) is 16.7 Å². The molecule has 0 bridgehead atoms. The minimum atomic E-state index is -3.54. The summed E-state index contributed by atoms with van der Waals surface area (Å²) in [4.78, 5) is 15.6. The molecule has 0 unspecified atom stereocenters. The molecule has 35 heavy (non-hydrogen) atoms. The third-order valence-corrected chi connectivity index (χ3v) is 8.20. The molecule has 0 saturated carbocycles. The molecule has 0 atom stereocenters. The summed E-state index contributed by atoms with van der Waals surface area (Å²) in [5.74, 6) is 0.213. The smallest absolute Gasteiger partial charge is 0.243 e. The lowest BCUT2D eigenvalue weighted by molar-refractivity contribution is -0.121. The maximum Gasteiger partial charge on any atom is 0.243 e. The monoisotopic (exact) mass is 493 g/mol. The predicted octanol–water partition coefficient (Wildman–Crippen LogP) is 2.95. The lowest BCUT2D eigenvalue weighted by Gasteiger charge is -2.34. The Morgan fingerprint density at radius 3 is 1.91 bits per heavy atom. The van der Waals surface area contributed by atoms with Crippen LogP contribution in [0.25, 0.3) is 0 Å². The van der Waals surface area contributed by atoms with Gasteiger partial charge in [-0.1, -0.05) is 60.7 Å². The number of sulfonamides is 1. The average molecular weight is 494 g/mol. The summed E-state index contributed by atoms with van der Waals surface area (Å²) >= 11 is 0. The maximum absolute atomic E-state index is 13.1. The molecule has 184 valence electrons. The van der Waals surface area contributed by atoms with Gasteiger partial charge < -0.3 is 10.1 Å². The van der Waals surface area contributed by atoms with Crippen molar-refractivity contribution in [2.45, 2.75) is 10.8 Å². The van der Waals surface area contributed by atoms with E-state index >= 15 is 0 Å². The van der Waals surface area contributed by atoms with Crippen molar-refractivity contribution in [2.75, 3.05) is 46.4 Å². The van der Waals surface area contributed by atoms with E-state index < -0.39 is 10.0 Å². The van der Waals surface area contributed by atoms with Crippen molar-refractivity contribution in [3.63, 3.8) is 0 Å². The molecule has 1 aliphatic heterocycles. The van der Waals surface area contributed by atoms with Crippen molar-refractivity contribution >= 4 is 15.9 Å². The number of piperazine rings is 1. The first-order valence-corrected chi connectivity index (χ1v) is 13.2. The maximum atomic E-state index is 13.1. The van der Waals surface area contributed by atoms with Crippen LogP contribution in [0.5, 0.6) is 5.75 Å². The molecule has 1 aliphatic rings. The molecule has 1 heterocycles. The number of nitrogens with one attached hydrogen (secondary N) is 1. The van der Waals surface area contributed by atoms with Gasteiger partial charge in [0.2, 0.25) is 15.9 Å². The van der Waals surface area contributed by atoms with Crippen LogP contribution in [0.1, 0.15) is 17.0 Å². The first kappa shape index (κ1) is 24.9. The van der Waals surface area contributed by atoms with Crippen LogP contribution in [-0.2, 0) is 14.8 Å². The van der Waals surface area contributed by atoms with Gasteiger partial charge in [-0.2, -0.15) is 4.31 Å². The second-order valence-corrected chi connectivity index (χ2v) is 10.4. The van der Waals surface area contributed by atoms with E-state index in [1.54, 1.807) is 31.4 Å². The van der Waals surface area contributed by atoms with Crippen LogP contribution in [0.15, 0.2) is 89.8 Å². The van der Waals surface area contributed by atoms with Gasteiger partial charge in [-0.3, -0.25) is 9.69 Å². The normalized spacial score (nSPS) is 15.1. The van der Waals surface area contributed by atoms with Crippen molar-refractivity contribution < 1.29 is 17.9 Å². The molecule has 1 fully saturated rings. The minimum absolute atomic E-state index is 0.0388. The zero-order chi connectivity index (χ0) is 24.7. The van der Waals surface area contributed by atoms with E-state index in [9.17, 15) is 13.2 Å². The lowest BCUT2D eigenvalue weighted by atomic mass is 9.90. The summed E-state index contributed by atoms with van der Waals surface area (Å²) in [6.45, 7) is 3.23. The van der Waals surface area contributed by atoms with Gasteiger partial charge in [0.05, 0.1) is 17.9 Å². The molecular formula is C27H31N3O4S. The number of hydrogen-bond donors (Lipinski definition) is 1. The molecule has 7 nitrogen and oxygen atoms in total. The van der Waals surface area contributed by atoms with Crippen LogP contribution >= 0.6 is 0 Å². The van der Waals surface area contributed by atoms with Gasteiger partial charge in [-0.15, -0.1) is 0 Å². The van der Waals surface area contributed by atoms with Crippen LogP contribution in [-0.4, -0.2) is 69.9 Å². The fourth-order valence-corrected chi connectivity index (χ4v) is 5.74. The Morgan fingerprint density at radius 1 is 0.857 bits per heavy atom. The summed E-state index contributed by atoms with van der Waals surface area (Å²) in [5.41, 5.74) is 1.90. The molecule has 3 aromatic carbocycles. The van der Waals surface area contributed by atoms with Crippen molar-refractivity contribution in [3.05, 3.63) is 96.1 Å². The Balaban J connectivity index is 1.30. The highest BCUT2D eigenvalue weighted by molar-refractivity contribution is 7.89. The van der Waals surface area contributed by atoms with Gasteiger partial charge in [0.1, 0.15) is 5.75 Å². The Kier molecular flexibility index (Phi) is 8.17. The van der Waals surface area contributed by atoms with E-state index in [0.717, 1.165) is 11.1 Å². The van der Waals surface area contributed by atoms with E-state index in [1.807, 2.05) is 60.7 Å². The standard InChI is InChI=1S/C27H31N3O4S/c1-34-24-12-14-25(15-13-24)35(32,33)30-20-18-29(19-21-30)17-16-28-27(31)26(22-8-4-2-5-9-22)23-10-6-3-7-11-23/h2-15,26H,16-21H2,1H3,(H,28,31). The van der Waals surface area contributed by atoms with Crippen LogP contribution in [0, 0.1) is 0 Å². The van der Waals surface area contributed by atoms with E-state index in [2.05, 4.69) is 10.2 Å². The third-order valence-electron chi connectivity index (χ3n) is 6.28. The number of carbonyl (C=O) groups excluding carboxylic acids is 1. The summed E-state index contributed by atoms with van der Waals surface area (Å²) in [6.07, 6.45) is 0. The number of rotatable bonds is 9. The van der Waals surface area contributed by atoms with E-state index in [0.29, 0.717) is 45.0 Å². The van der Waals surface area contributed by atoms with Gasteiger partial charge in [0.15, 0.2) is 0 Å². The van der Waals surface area contributed by atoms with Gasteiger partial charge >= 0.3 is 0 Å². The zero-order valence-corrected chi connectivity index (χ0v) is 20.7. The summed E-state index contributed by atoms with van der Waals surface area (Å²) < 4.78 is 32.5. The van der Waals surface area contributed by atoms with Gasteiger partial charge in [0, 0.05) is 39.3 Å². The molecule has 4 rings (SSSR count). The first-order chi connectivity index (χ1) is 17.0. The summed E-state index contributed by atoms with van der Waals surface area (Å²) in [6, 6.07) is 26.0. The summed E-state index contributed by atoms with van der Waals surface area (Å²) in [5, 5.41) is 3.08. The Morgan fingerprint density at radius 2 is 1.40 bits per heavy atom. The molecular weight excluding hydrogens is 462 g/mol. The van der Waals surface area contributed by atoms with Crippen LogP contribution in [0.2, 0.25) is 0 Å². The van der Waals surface area contributed by atoms with Crippen molar-refractivity contribution in [3.8, 4) is 5.75 Å². The molecule has 1 saturated heterocycles. The highest BCUT2D eigenvalue weighted by Crippen LogP contribution is 2.25. The quantitative estimate of drug-likeness (QED) is 0.496. The van der Waals surface area contributed by atoms with Gasteiger partial charge in [-0.05, 0) is 35.4 Å². The molecule has 3 aromatic rings. The second-order valence-electron chi connectivity index (χ2n) is 8.47. The number of hydrogen-bond acceptors (Lipinski definition) is 5. The number of ether oxygens (including phenoxy) is 1. The number of amides is 1. The number of carbonyl (C=O) groups is 1. The van der Waals surface area contributed by atoms with Crippen LogP contribution in [0.3, 0.4) is 0 Å². The highest BCUT2D eigenvalue weighted by Gasteiger charge is 2.28. The Bertz CT molecular complexity index is 1150. The van der Waals surface area contributed by atoms with E-state index in [1.165, 1.54) is 4.31 Å². The fourth-order valence-electron chi connectivity index (χ4n) is 4.32. The number of benzene rings is 3. The number of methoxy groups -OCH3 is 1. The lowest BCUT2D eigenvalue weighted by Crippen LogP contribution is -2.50. The summed E-state index contributed by atoms with van der Waals surface area (Å²) in [7, 11) is -1.99. The molecule has 8 heteroatoms. The third kappa shape index (κ3) is 6.08. The van der Waals surface area contributed by atoms with Crippen molar-refractivity contribution in [2.24, 2.45) is 0 Å². The first-order valence-electron chi connectivity index (χ1n) is 11.7. The van der Waals surface area contributed by atoms with E-state index in [4.69, 9.17) is 4.74 Å².